The Hall–Kier alpha value is -2.60. The first-order valence-electron chi connectivity index (χ1n) is 7.41. The van der Waals surface area contributed by atoms with E-state index in [4.69, 9.17) is 4.74 Å². The summed E-state index contributed by atoms with van der Waals surface area (Å²) in [5.41, 5.74) is 2.99. The molecule has 3 rings (SSSR count). The third-order valence-electron chi connectivity index (χ3n) is 3.48. The lowest BCUT2D eigenvalue weighted by Gasteiger charge is -2.11. The fraction of sp³-hybridized carbons (Fsp3) is 0.111. The monoisotopic (exact) mass is 384 g/mol. The van der Waals surface area contributed by atoms with Gasteiger partial charge in [-0.3, -0.25) is 0 Å². The van der Waals surface area contributed by atoms with E-state index < -0.39 is 0 Å². The molecule has 0 saturated carbocycles. The molecule has 122 valence electrons. The highest BCUT2D eigenvalue weighted by Crippen LogP contribution is 2.27. The molecule has 0 saturated heterocycles. The van der Waals surface area contributed by atoms with Crippen molar-refractivity contribution < 1.29 is 4.74 Å². The molecule has 0 aliphatic heterocycles. The smallest absolute Gasteiger partial charge is 0.142 e. The van der Waals surface area contributed by atoms with Gasteiger partial charge in [0.25, 0.3) is 0 Å². The summed E-state index contributed by atoms with van der Waals surface area (Å²) in [5.74, 6) is 2.15. The van der Waals surface area contributed by atoms with Gasteiger partial charge in [0.05, 0.1) is 12.8 Å². The van der Waals surface area contributed by atoms with E-state index in [0.29, 0.717) is 11.6 Å². The Balaban J connectivity index is 1.80. The number of aryl methyl sites for hydroxylation is 1. The van der Waals surface area contributed by atoms with Gasteiger partial charge in [0.1, 0.15) is 23.7 Å². The Morgan fingerprint density at radius 3 is 2.46 bits per heavy atom. The largest absolute Gasteiger partial charge is 0.495 e. The topological polar surface area (TPSA) is 59.1 Å². The molecule has 24 heavy (non-hydrogen) atoms. The SMILES string of the molecule is COc1ccccc1Nc1cc(Nc2ccc(C)c(Br)c2)ncn1. The maximum atomic E-state index is 5.34. The van der Waals surface area contributed by atoms with Crippen LogP contribution in [0.5, 0.6) is 5.75 Å². The summed E-state index contributed by atoms with van der Waals surface area (Å²) in [5, 5.41) is 6.52. The lowest BCUT2D eigenvalue weighted by Crippen LogP contribution is -1.99. The van der Waals surface area contributed by atoms with Crippen molar-refractivity contribution in [3.63, 3.8) is 0 Å². The number of hydrogen-bond donors (Lipinski definition) is 2. The highest BCUT2D eigenvalue weighted by molar-refractivity contribution is 9.10. The number of methoxy groups -OCH3 is 1. The lowest BCUT2D eigenvalue weighted by atomic mass is 10.2. The van der Waals surface area contributed by atoms with Gasteiger partial charge in [0.2, 0.25) is 0 Å². The molecule has 6 heteroatoms. The molecular weight excluding hydrogens is 368 g/mol. The molecule has 2 aromatic carbocycles. The van der Waals surface area contributed by atoms with Crippen LogP contribution in [0.2, 0.25) is 0 Å². The third kappa shape index (κ3) is 3.83. The molecule has 0 atom stereocenters. The van der Waals surface area contributed by atoms with Gasteiger partial charge in [-0.2, -0.15) is 0 Å². The molecule has 0 aliphatic rings. The minimum atomic E-state index is 0.683. The van der Waals surface area contributed by atoms with E-state index in [0.717, 1.165) is 21.6 Å². The summed E-state index contributed by atoms with van der Waals surface area (Å²) in [6.45, 7) is 2.05. The second-order valence-electron chi connectivity index (χ2n) is 5.20. The van der Waals surface area contributed by atoms with Crippen LogP contribution in [0.15, 0.2) is 59.3 Å². The standard InChI is InChI=1S/C18H17BrN4O/c1-12-7-8-13(9-14(12)19)22-17-10-18(21-11-20-17)23-15-5-3-4-6-16(15)24-2/h3-11H,1-2H3,(H2,20,21,22,23). The molecule has 0 aliphatic carbocycles. The molecule has 5 nitrogen and oxygen atoms in total. The number of anilines is 4. The molecule has 0 bridgehead atoms. The second-order valence-corrected chi connectivity index (χ2v) is 6.06. The molecule has 0 unspecified atom stereocenters. The third-order valence-corrected chi connectivity index (χ3v) is 4.34. The van der Waals surface area contributed by atoms with Crippen molar-refractivity contribution in [2.45, 2.75) is 6.92 Å². The van der Waals surface area contributed by atoms with Crippen molar-refractivity contribution >= 4 is 38.9 Å². The quantitative estimate of drug-likeness (QED) is 0.644. The number of nitrogens with zero attached hydrogens (tertiary/aromatic N) is 2. The summed E-state index contributed by atoms with van der Waals surface area (Å²) in [6, 6.07) is 15.6. The highest BCUT2D eigenvalue weighted by Gasteiger charge is 2.05. The molecule has 0 radical (unpaired) electrons. The number of halogens is 1. The molecule has 1 heterocycles. The predicted molar refractivity (Wildman–Crippen MR) is 100 cm³/mol. The van der Waals surface area contributed by atoms with Crippen molar-refractivity contribution in [1.29, 1.82) is 0 Å². The molecule has 2 N–H and O–H groups in total. The summed E-state index contributed by atoms with van der Waals surface area (Å²) in [4.78, 5) is 8.52. The van der Waals surface area contributed by atoms with Crippen molar-refractivity contribution in [2.75, 3.05) is 17.7 Å². The molecule has 0 fully saturated rings. The van der Waals surface area contributed by atoms with Crippen molar-refractivity contribution in [3.05, 3.63) is 64.9 Å². The molecule has 0 amide bonds. The number of rotatable bonds is 5. The van der Waals surface area contributed by atoms with Gasteiger partial charge in [-0.1, -0.05) is 34.1 Å². The highest BCUT2D eigenvalue weighted by atomic mass is 79.9. The van der Waals surface area contributed by atoms with Gasteiger partial charge in [-0.05, 0) is 36.8 Å². The van der Waals surface area contributed by atoms with E-state index in [9.17, 15) is 0 Å². The maximum Gasteiger partial charge on any atom is 0.142 e. The lowest BCUT2D eigenvalue weighted by molar-refractivity contribution is 0.417. The summed E-state index contributed by atoms with van der Waals surface area (Å²) in [6.07, 6.45) is 1.52. The van der Waals surface area contributed by atoms with E-state index >= 15 is 0 Å². The van der Waals surface area contributed by atoms with E-state index in [1.807, 2.05) is 55.5 Å². The maximum absolute atomic E-state index is 5.34. The number of hydrogen-bond acceptors (Lipinski definition) is 5. The van der Waals surface area contributed by atoms with Crippen molar-refractivity contribution in [3.8, 4) is 5.75 Å². The number of para-hydroxylation sites is 2. The van der Waals surface area contributed by atoms with Crippen LogP contribution in [-0.4, -0.2) is 17.1 Å². The molecule has 1 aromatic heterocycles. The van der Waals surface area contributed by atoms with Crippen molar-refractivity contribution in [1.82, 2.24) is 9.97 Å². The van der Waals surface area contributed by atoms with Gasteiger partial charge in [0.15, 0.2) is 0 Å². The molecular formula is C18H17BrN4O. The zero-order valence-electron chi connectivity index (χ0n) is 13.4. The first-order valence-corrected chi connectivity index (χ1v) is 8.20. The summed E-state index contributed by atoms with van der Waals surface area (Å²) < 4.78 is 6.39. The minimum absolute atomic E-state index is 0.683. The number of nitrogens with one attached hydrogen (secondary N) is 2. The second kappa shape index (κ2) is 7.31. The van der Waals surface area contributed by atoms with Crippen LogP contribution in [0.1, 0.15) is 5.56 Å². The minimum Gasteiger partial charge on any atom is -0.495 e. The van der Waals surface area contributed by atoms with E-state index in [2.05, 4.69) is 36.5 Å². The molecule has 0 spiro atoms. The zero-order valence-corrected chi connectivity index (χ0v) is 15.0. The summed E-state index contributed by atoms with van der Waals surface area (Å²) in [7, 11) is 1.64. The Bertz CT molecular complexity index is 854. The number of ether oxygens (including phenoxy) is 1. The summed E-state index contributed by atoms with van der Waals surface area (Å²) >= 11 is 3.54. The number of benzene rings is 2. The van der Waals surface area contributed by atoms with Gasteiger partial charge in [0, 0.05) is 16.2 Å². The van der Waals surface area contributed by atoms with E-state index in [1.54, 1.807) is 7.11 Å². The van der Waals surface area contributed by atoms with Crippen LogP contribution in [-0.2, 0) is 0 Å². The number of aromatic nitrogens is 2. The normalized spacial score (nSPS) is 10.3. The average molecular weight is 385 g/mol. The van der Waals surface area contributed by atoms with Crippen LogP contribution in [0, 0.1) is 6.92 Å². The Morgan fingerprint density at radius 2 is 1.71 bits per heavy atom. The predicted octanol–water partition coefficient (Wildman–Crippen LogP) is 5.04. The van der Waals surface area contributed by atoms with Gasteiger partial charge in [-0.25, -0.2) is 9.97 Å². The fourth-order valence-electron chi connectivity index (χ4n) is 2.20. The molecule has 3 aromatic rings. The van der Waals surface area contributed by atoms with Gasteiger partial charge < -0.3 is 15.4 Å². The van der Waals surface area contributed by atoms with Crippen LogP contribution < -0.4 is 15.4 Å². The fourth-order valence-corrected chi connectivity index (χ4v) is 2.58. The first-order chi connectivity index (χ1) is 11.7. The van der Waals surface area contributed by atoms with Crippen LogP contribution in [0.4, 0.5) is 23.0 Å². The first kappa shape index (κ1) is 16.3. The van der Waals surface area contributed by atoms with Crippen LogP contribution >= 0.6 is 15.9 Å². The average Bonchev–Trinajstić information content (AvgIpc) is 2.59. The zero-order chi connectivity index (χ0) is 16.9. The Morgan fingerprint density at radius 1 is 0.958 bits per heavy atom. The van der Waals surface area contributed by atoms with Crippen molar-refractivity contribution in [2.24, 2.45) is 0 Å². The van der Waals surface area contributed by atoms with Gasteiger partial charge in [-0.15, -0.1) is 0 Å². The Kier molecular flexibility index (Phi) is 4.96. The van der Waals surface area contributed by atoms with Crippen LogP contribution in [0.3, 0.4) is 0 Å². The van der Waals surface area contributed by atoms with Gasteiger partial charge >= 0.3 is 0 Å². The van der Waals surface area contributed by atoms with E-state index in [1.165, 1.54) is 11.9 Å². The van der Waals surface area contributed by atoms with E-state index in [-0.39, 0.29) is 0 Å². The van der Waals surface area contributed by atoms with Crippen LogP contribution in [0.25, 0.3) is 0 Å². The Labute approximate surface area is 149 Å².